The van der Waals surface area contributed by atoms with Crippen molar-refractivity contribution in [1.29, 1.82) is 5.26 Å². The molecular formula is C26H28N4O2. The monoisotopic (exact) mass is 428 g/mol. The maximum Gasteiger partial charge on any atom is 0.162 e. The van der Waals surface area contributed by atoms with Gasteiger partial charge in [-0.1, -0.05) is 44.2 Å². The van der Waals surface area contributed by atoms with Gasteiger partial charge in [0.25, 0.3) is 0 Å². The third kappa shape index (κ3) is 3.71. The highest BCUT2D eigenvalue weighted by atomic mass is 16.5. The van der Waals surface area contributed by atoms with Gasteiger partial charge >= 0.3 is 0 Å². The second-order valence-corrected chi connectivity index (χ2v) is 9.19. The minimum atomic E-state index is -0.503. The van der Waals surface area contributed by atoms with Gasteiger partial charge in [-0.25, -0.2) is 5.01 Å². The third-order valence-electron chi connectivity index (χ3n) is 6.15. The molecule has 32 heavy (non-hydrogen) atoms. The highest BCUT2D eigenvalue weighted by molar-refractivity contribution is 6.00. The Balaban J connectivity index is 1.91. The van der Waals surface area contributed by atoms with Crippen molar-refractivity contribution in [2.24, 2.45) is 11.1 Å². The molecule has 0 radical (unpaired) electrons. The van der Waals surface area contributed by atoms with Gasteiger partial charge in [0.2, 0.25) is 0 Å². The van der Waals surface area contributed by atoms with Gasteiger partial charge < -0.3 is 10.5 Å². The summed E-state index contributed by atoms with van der Waals surface area (Å²) in [6, 6.07) is 17.7. The number of hydrogen-bond acceptors (Lipinski definition) is 6. The molecule has 0 bridgehead atoms. The number of nitrogens with two attached hydrogens (primary N) is 1. The van der Waals surface area contributed by atoms with Crippen LogP contribution >= 0.6 is 0 Å². The highest BCUT2D eigenvalue weighted by Gasteiger charge is 2.44. The second-order valence-electron chi connectivity index (χ2n) is 9.19. The van der Waals surface area contributed by atoms with Crippen molar-refractivity contribution in [1.82, 2.24) is 5.01 Å². The van der Waals surface area contributed by atoms with Gasteiger partial charge in [0.1, 0.15) is 11.6 Å². The number of Topliss-reactive ketones (excluding diaryl/α,β-unsaturated/α-hetero) is 1. The first kappa shape index (κ1) is 21.5. The van der Waals surface area contributed by atoms with E-state index in [-0.39, 0.29) is 11.2 Å². The van der Waals surface area contributed by atoms with E-state index < -0.39 is 5.92 Å². The smallest absolute Gasteiger partial charge is 0.162 e. The lowest BCUT2D eigenvalue weighted by molar-refractivity contribution is -0.118. The predicted molar refractivity (Wildman–Crippen MR) is 124 cm³/mol. The van der Waals surface area contributed by atoms with Crippen LogP contribution < -0.4 is 15.9 Å². The molecule has 2 aliphatic rings. The van der Waals surface area contributed by atoms with Crippen molar-refractivity contribution >= 4 is 11.5 Å². The Hall–Kier alpha value is -3.72. The summed E-state index contributed by atoms with van der Waals surface area (Å²) < 4.78 is 5.40. The van der Waals surface area contributed by atoms with Crippen LogP contribution in [0.4, 0.5) is 5.69 Å². The van der Waals surface area contributed by atoms with Crippen molar-refractivity contribution in [3.05, 3.63) is 82.3 Å². The van der Waals surface area contributed by atoms with Crippen LogP contribution in [0, 0.1) is 23.7 Å². The Morgan fingerprint density at radius 2 is 1.91 bits per heavy atom. The van der Waals surface area contributed by atoms with Gasteiger partial charge in [-0.3, -0.25) is 10.2 Å². The number of hydrazine groups is 1. The number of carbonyl (C=O) groups excluding carboxylic acids is 1. The summed E-state index contributed by atoms with van der Waals surface area (Å²) in [4.78, 5) is 13.5. The van der Waals surface area contributed by atoms with Gasteiger partial charge in [0.05, 0.1) is 36.1 Å². The van der Waals surface area contributed by atoms with Gasteiger partial charge in [-0.2, -0.15) is 5.26 Å². The molecule has 0 unspecified atom stereocenters. The third-order valence-corrected chi connectivity index (χ3v) is 6.15. The second kappa shape index (κ2) is 8.08. The molecule has 3 N–H and O–H groups in total. The number of methoxy groups -OCH3 is 1. The van der Waals surface area contributed by atoms with Crippen molar-refractivity contribution in [2.75, 3.05) is 12.5 Å². The van der Waals surface area contributed by atoms with E-state index in [0.29, 0.717) is 29.8 Å². The molecule has 0 amide bonds. The summed E-state index contributed by atoms with van der Waals surface area (Å²) in [5.74, 6) is 0.628. The number of benzene rings is 2. The fraction of sp³-hybridized carbons (Fsp3) is 0.308. The van der Waals surface area contributed by atoms with Gasteiger partial charge in [-0.05, 0) is 48.1 Å². The van der Waals surface area contributed by atoms with E-state index in [1.54, 1.807) is 12.1 Å². The van der Waals surface area contributed by atoms with Crippen LogP contribution in [0.3, 0.4) is 0 Å². The number of para-hydroxylation sites is 1. The van der Waals surface area contributed by atoms with Crippen LogP contribution in [0.1, 0.15) is 43.7 Å². The number of ether oxygens (including phenoxy) is 1. The van der Waals surface area contributed by atoms with E-state index in [0.717, 1.165) is 28.3 Å². The maximum atomic E-state index is 13.5. The number of hydrogen-bond donors (Lipinski definition) is 2. The maximum absolute atomic E-state index is 13.5. The summed E-state index contributed by atoms with van der Waals surface area (Å²) in [6.07, 6.45) is 1.09. The highest BCUT2D eigenvalue weighted by Crippen LogP contribution is 2.49. The molecular weight excluding hydrogens is 400 g/mol. The van der Waals surface area contributed by atoms with E-state index in [1.807, 2.05) is 55.5 Å². The van der Waals surface area contributed by atoms with Crippen LogP contribution in [-0.4, -0.2) is 17.9 Å². The summed E-state index contributed by atoms with van der Waals surface area (Å²) in [7, 11) is 1.63. The number of nitrogens with zero attached hydrogens (tertiary/aromatic N) is 2. The fourth-order valence-corrected chi connectivity index (χ4v) is 4.69. The van der Waals surface area contributed by atoms with E-state index in [2.05, 4.69) is 25.3 Å². The van der Waals surface area contributed by atoms with Crippen LogP contribution in [-0.2, 0) is 4.79 Å². The summed E-state index contributed by atoms with van der Waals surface area (Å²) in [5.41, 5.74) is 14.2. The van der Waals surface area contributed by atoms with Crippen molar-refractivity contribution in [3.8, 4) is 11.8 Å². The molecule has 6 heteroatoms. The summed E-state index contributed by atoms with van der Waals surface area (Å²) >= 11 is 0. The van der Waals surface area contributed by atoms with Crippen LogP contribution in [0.15, 0.2) is 71.2 Å². The number of anilines is 1. The Bertz CT molecular complexity index is 1170. The number of nitriles is 1. The zero-order chi connectivity index (χ0) is 23.0. The molecule has 0 saturated heterocycles. The molecule has 0 saturated carbocycles. The molecule has 1 aliphatic heterocycles. The topological polar surface area (TPSA) is 91.4 Å². The van der Waals surface area contributed by atoms with Crippen molar-refractivity contribution in [3.63, 3.8) is 0 Å². The number of rotatable bonds is 4. The Kier molecular flexibility index (Phi) is 5.43. The zero-order valence-electron chi connectivity index (χ0n) is 18.9. The number of ketones is 1. The molecule has 6 nitrogen and oxygen atoms in total. The van der Waals surface area contributed by atoms with Crippen LogP contribution in [0.25, 0.3) is 0 Å². The van der Waals surface area contributed by atoms with Crippen molar-refractivity contribution < 1.29 is 9.53 Å². The molecule has 164 valence electrons. The molecule has 1 atom stereocenters. The molecule has 1 heterocycles. The molecule has 0 spiro atoms. The number of aryl methyl sites for hydroxylation is 1. The first-order chi connectivity index (χ1) is 15.3. The number of allylic oxidation sites excluding steroid dienone is 3. The predicted octanol–water partition coefficient (Wildman–Crippen LogP) is 4.77. The quantitative estimate of drug-likeness (QED) is 0.729. The molecule has 0 aromatic heterocycles. The summed E-state index contributed by atoms with van der Waals surface area (Å²) in [5, 5.41) is 11.9. The average molecular weight is 429 g/mol. The lowest BCUT2D eigenvalue weighted by atomic mass is 9.69. The van der Waals surface area contributed by atoms with E-state index >= 15 is 0 Å². The standard InChI is InChI=1S/C26H28N4O2/c1-16-12-17(10-11-22(16)32-4)23-19(15-27)25(28)30(29-18-8-6-5-7-9-18)20-13-26(2,3)14-21(31)24(20)23/h5-12,23,29H,13-14,28H2,1-4H3/t23-/m0/s1. The van der Waals surface area contributed by atoms with Gasteiger partial charge in [0.15, 0.2) is 5.78 Å². The Morgan fingerprint density at radius 3 is 2.53 bits per heavy atom. The van der Waals surface area contributed by atoms with Gasteiger partial charge in [0, 0.05) is 12.0 Å². The molecule has 2 aromatic rings. The summed E-state index contributed by atoms with van der Waals surface area (Å²) in [6.45, 7) is 6.12. The van der Waals surface area contributed by atoms with E-state index in [4.69, 9.17) is 10.5 Å². The minimum absolute atomic E-state index is 0.0508. The normalized spacial score (nSPS) is 20.0. The molecule has 2 aromatic carbocycles. The van der Waals surface area contributed by atoms with Crippen LogP contribution in [0.2, 0.25) is 0 Å². The SMILES string of the molecule is COc1ccc([C@H]2C(C#N)=C(N)N(Nc3ccccc3)C3=C2C(=O)CC(C)(C)C3)cc1C. The van der Waals surface area contributed by atoms with E-state index in [9.17, 15) is 10.1 Å². The molecule has 0 fully saturated rings. The lowest BCUT2D eigenvalue weighted by Crippen LogP contribution is -2.44. The molecule has 4 rings (SSSR count). The largest absolute Gasteiger partial charge is 0.496 e. The van der Waals surface area contributed by atoms with E-state index in [1.165, 1.54) is 0 Å². The van der Waals surface area contributed by atoms with Crippen LogP contribution in [0.5, 0.6) is 5.75 Å². The zero-order valence-corrected chi connectivity index (χ0v) is 18.9. The van der Waals surface area contributed by atoms with Gasteiger partial charge in [-0.15, -0.1) is 0 Å². The minimum Gasteiger partial charge on any atom is -0.496 e. The lowest BCUT2D eigenvalue weighted by Gasteiger charge is -2.43. The number of carbonyl (C=O) groups is 1. The fourth-order valence-electron chi connectivity index (χ4n) is 4.69. The Labute approximate surface area is 188 Å². The molecule has 1 aliphatic carbocycles. The number of nitrogens with one attached hydrogen (secondary N) is 1. The average Bonchev–Trinajstić information content (AvgIpc) is 2.75. The van der Waals surface area contributed by atoms with Crippen molar-refractivity contribution in [2.45, 2.75) is 39.5 Å². The Morgan fingerprint density at radius 1 is 1.19 bits per heavy atom. The first-order valence-electron chi connectivity index (χ1n) is 10.7. The first-order valence-corrected chi connectivity index (χ1v) is 10.7.